The fourth-order valence-electron chi connectivity index (χ4n) is 5.08. The molecule has 32 heavy (non-hydrogen) atoms. The molecule has 0 saturated carbocycles. The maximum atomic E-state index is 13.0. The summed E-state index contributed by atoms with van der Waals surface area (Å²) in [5.41, 5.74) is 7.17. The van der Waals surface area contributed by atoms with Crippen LogP contribution in [-0.2, 0) is 0 Å². The molecular formula is C25H32N6O. The van der Waals surface area contributed by atoms with Crippen molar-refractivity contribution in [1.82, 2.24) is 29.0 Å². The van der Waals surface area contributed by atoms with Gasteiger partial charge in [0.2, 0.25) is 0 Å². The molecule has 168 valence electrons. The van der Waals surface area contributed by atoms with E-state index < -0.39 is 0 Å². The lowest BCUT2D eigenvalue weighted by Gasteiger charge is -2.33. The molecule has 4 aromatic rings. The molecule has 0 bridgehead atoms. The van der Waals surface area contributed by atoms with Crippen LogP contribution in [0.3, 0.4) is 0 Å². The number of aromatic amines is 1. The number of nitrogens with one attached hydrogen (secondary N) is 1. The van der Waals surface area contributed by atoms with Gasteiger partial charge < -0.3 is 9.88 Å². The van der Waals surface area contributed by atoms with Crippen LogP contribution in [0.25, 0.3) is 27.8 Å². The Hall–Kier alpha value is -2.93. The van der Waals surface area contributed by atoms with Crippen LogP contribution >= 0.6 is 0 Å². The van der Waals surface area contributed by atoms with Gasteiger partial charge in [0.1, 0.15) is 6.33 Å². The third-order valence-electron chi connectivity index (χ3n) is 6.80. The van der Waals surface area contributed by atoms with Gasteiger partial charge >= 0.3 is 5.69 Å². The summed E-state index contributed by atoms with van der Waals surface area (Å²) in [7, 11) is 0. The van der Waals surface area contributed by atoms with Crippen molar-refractivity contribution in [2.45, 2.75) is 53.0 Å². The van der Waals surface area contributed by atoms with Crippen molar-refractivity contribution in [3.05, 3.63) is 52.3 Å². The maximum Gasteiger partial charge on any atom is 0.326 e. The Morgan fingerprint density at radius 3 is 2.84 bits per heavy atom. The minimum atomic E-state index is -0.00447. The Balaban J connectivity index is 1.52. The second kappa shape index (κ2) is 8.20. The molecule has 0 radical (unpaired) electrons. The van der Waals surface area contributed by atoms with Crippen LogP contribution in [0.2, 0.25) is 0 Å². The first-order chi connectivity index (χ1) is 15.4. The first-order valence-corrected chi connectivity index (χ1v) is 11.7. The summed E-state index contributed by atoms with van der Waals surface area (Å²) in [6.07, 6.45) is 6.97. The molecule has 0 spiro atoms. The molecule has 1 aliphatic rings. The number of likely N-dealkylation sites (tertiary alicyclic amines) is 1. The fraction of sp³-hybridized carbons (Fsp3) is 0.480. The Bertz CT molecular complexity index is 1330. The molecule has 4 heterocycles. The van der Waals surface area contributed by atoms with E-state index in [1.54, 1.807) is 6.33 Å². The van der Waals surface area contributed by atoms with Crippen LogP contribution < -0.4 is 5.69 Å². The molecule has 7 nitrogen and oxygen atoms in total. The molecule has 1 aromatic carbocycles. The Morgan fingerprint density at radius 1 is 1.19 bits per heavy atom. The molecule has 0 amide bonds. The first-order valence-electron chi connectivity index (χ1n) is 11.7. The summed E-state index contributed by atoms with van der Waals surface area (Å²) in [5, 5.41) is 4.31. The van der Waals surface area contributed by atoms with E-state index in [0.717, 1.165) is 71.4 Å². The van der Waals surface area contributed by atoms with E-state index >= 15 is 0 Å². The van der Waals surface area contributed by atoms with Crippen LogP contribution in [0.15, 0.2) is 35.5 Å². The summed E-state index contributed by atoms with van der Waals surface area (Å²) >= 11 is 0. The fourth-order valence-corrected chi connectivity index (χ4v) is 5.08. The highest BCUT2D eigenvalue weighted by Gasteiger charge is 2.25. The molecule has 7 heteroatoms. The van der Waals surface area contributed by atoms with Gasteiger partial charge in [-0.25, -0.2) is 14.3 Å². The van der Waals surface area contributed by atoms with Crippen LogP contribution in [0.1, 0.15) is 50.3 Å². The molecule has 1 aliphatic heterocycles. The van der Waals surface area contributed by atoms with E-state index in [1.165, 1.54) is 6.42 Å². The number of H-pyrrole nitrogens is 1. The van der Waals surface area contributed by atoms with Gasteiger partial charge in [0.25, 0.3) is 0 Å². The minimum absolute atomic E-state index is 0.00447. The number of imidazole rings is 1. The van der Waals surface area contributed by atoms with Gasteiger partial charge in [-0.15, -0.1) is 0 Å². The van der Waals surface area contributed by atoms with Gasteiger partial charge in [0.05, 0.1) is 17.1 Å². The predicted molar refractivity (Wildman–Crippen MR) is 128 cm³/mol. The molecular weight excluding hydrogens is 400 g/mol. The smallest absolute Gasteiger partial charge is 0.306 e. The summed E-state index contributed by atoms with van der Waals surface area (Å²) in [6.45, 7) is 11.9. The number of aryl methyl sites for hydroxylation is 2. The summed E-state index contributed by atoms with van der Waals surface area (Å²) in [6, 6.07) is 6.63. The number of rotatable bonds is 5. The molecule has 3 aromatic heterocycles. The van der Waals surface area contributed by atoms with Gasteiger partial charge in [0, 0.05) is 18.3 Å². The number of piperidine rings is 1. The maximum absolute atomic E-state index is 13.0. The lowest BCUT2D eigenvalue weighted by Crippen LogP contribution is -2.39. The molecule has 1 fully saturated rings. The van der Waals surface area contributed by atoms with Crippen molar-refractivity contribution in [3.8, 4) is 11.1 Å². The van der Waals surface area contributed by atoms with Crippen molar-refractivity contribution in [3.63, 3.8) is 0 Å². The van der Waals surface area contributed by atoms with Crippen molar-refractivity contribution in [2.24, 2.45) is 5.92 Å². The third-order valence-corrected chi connectivity index (χ3v) is 6.80. The van der Waals surface area contributed by atoms with Gasteiger partial charge in [0.15, 0.2) is 5.65 Å². The highest BCUT2D eigenvalue weighted by Crippen LogP contribution is 2.31. The summed E-state index contributed by atoms with van der Waals surface area (Å²) in [4.78, 5) is 23.0. The minimum Gasteiger partial charge on any atom is -0.306 e. The number of hydrogen-bond acceptors (Lipinski definition) is 4. The molecule has 0 aliphatic carbocycles. The van der Waals surface area contributed by atoms with Gasteiger partial charge in [-0.1, -0.05) is 13.8 Å². The number of fused-ring (bicyclic) bond motifs is 2. The van der Waals surface area contributed by atoms with Gasteiger partial charge in [-0.05, 0) is 87.0 Å². The molecule has 1 N–H and O–H groups in total. The van der Waals surface area contributed by atoms with E-state index in [9.17, 15) is 4.79 Å². The summed E-state index contributed by atoms with van der Waals surface area (Å²) in [5.74, 6) is 0.702. The van der Waals surface area contributed by atoms with Crippen molar-refractivity contribution < 1.29 is 0 Å². The number of aromatic nitrogens is 5. The number of benzene rings is 1. The predicted octanol–water partition coefficient (Wildman–Crippen LogP) is 4.34. The topological polar surface area (TPSA) is 71.2 Å². The average molecular weight is 433 g/mol. The highest BCUT2D eigenvalue weighted by molar-refractivity contribution is 5.84. The number of hydrogen-bond donors (Lipinski definition) is 1. The molecule has 1 saturated heterocycles. The molecule has 5 rings (SSSR count). The van der Waals surface area contributed by atoms with E-state index in [4.69, 9.17) is 0 Å². The van der Waals surface area contributed by atoms with Gasteiger partial charge in [-0.2, -0.15) is 5.10 Å². The zero-order chi connectivity index (χ0) is 22.4. The SMILES string of the molecule is Cc1cc2c(cc1-c1cc(C)c3ncnn3c1)[nH]c(=O)n2C1CCCN(CCC(C)C)C1. The zero-order valence-corrected chi connectivity index (χ0v) is 19.4. The first kappa shape index (κ1) is 20.9. The quantitative estimate of drug-likeness (QED) is 0.509. The van der Waals surface area contributed by atoms with Crippen LogP contribution in [-0.4, -0.2) is 48.7 Å². The second-order valence-corrected chi connectivity index (χ2v) is 9.70. The van der Waals surface area contributed by atoms with Crippen LogP contribution in [0.4, 0.5) is 0 Å². The Labute approximate surface area is 188 Å². The van der Waals surface area contributed by atoms with Gasteiger partial charge in [-0.3, -0.25) is 4.57 Å². The zero-order valence-electron chi connectivity index (χ0n) is 19.4. The summed E-state index contributed by atoms with van der Waals surface area (Å²) < 4.78 is 3.81. The van der Waals surface area contributed by atoms with E-state index in [0.29, 0.717) is 5.92 Å². The normalized spacial score (nSPS) is 17.7. The van der Waals surface area contributed by atoms with E-state index in [1.807, 2.05) is 22.2 Å². The number of pyridine rings is 1. The highest BCUT2D eigenvalue weighted by atomic mass is 16.1. The molecule has 1 atom stereocenters. The largest absolute Gasteiger partial charge is 0.326 e. The van der Waals surface area contributed by atoms with E-state index in [2.05, 4.69) is 58.9 Å². The lowest BCUT2D eigenvalue weighted by atomic mass is 9.99. The van der Waals surface area contributed by atoms with Crippen LogP contribution in [0, 0.1) is 19.8 Å². The van der Waals surface area contributed by atoms with Crippen molar-refractivity contribution in [2.75, 3.05) is 19.6 Å². The standard InChI is InChI=1S/C25H32N6O/c1-16(2)7-9-29-8-5-6-20(14-29)31-23-11-17(3)21(12-22(23)28-25(31)32)19-10-18(4)24-26-15-27-30(24)13-19/h10-13,15-16,20H,5-9,14H2,1-4H3,(H,28,32). The Morgan fingerprint density at radius 2 is 2.03 bits per heavy atom. The van der Waals surface area contributed by atoms with Crippen LogP contribution in [0.5, 0.6) is 0 Å². The monoisotopic (exact) mass is 432 g/mol. The molecule has 1 unspecified atom stereocenters. The lowest BCUT2D eigenvalue weighted by molar-refractivity contribution is 0.170. The average Bonchev–Trinajstić information content (AvgIpc) is 3.35. The second-order valence-electron chi connectivity index (χ2n) is 9.70. The number of nitrogens with zero attached hydrogens (tertiary/aromatic N) is 5. The third kappa shape index (κ3) is 3.75. The van der Waals surface area contributed by atoms with E-state index in [-0.39, 0.29) is 11.7 Å². The Kier molecular flexibility index (Phi) is 5.37. The van der Waals surface area contributed by atoms with Crippen molar-refractivity contribution in [1.29, 1.82) is 0 Å². The van der Waals surface area contributed by atoms with Crippen molar-refractivity contribution >= 4 is 16.7 Å².